The molecule has 0 aromatic heterocycles. The molecule has 1 nitrogen and oxygen atoms in total. The van der Waals surface area contributed by atoms with E-state index in [0.717, 1.165) is 12.1 Å². The molecule has 0 saturated carbocycles. The first-order chi connectivity index (χ1) is 7.93. The topological polar surface area (TPSA) is 20.2 Å². The zero-order chi connectivity index (χ0) is 14.2. The van der Waals surface area contributed by atoms with Crippen LogP contribution < -0.4 is 0 Å². The van der Waals surface area contributed by atoms with Crippen molar-refractivity contribution in [1.82, 2.24) is 0 Å². The summed E-state index contributed by atoms with van der Waals surface area (Å²) in [4.78, 5) is 0. The summed E-state index contributed by atoms with van der Waals surface area (Å²) in [7, 11) is 0. The van der Waals surface area contributed by atoms with Gasteiger partial charge in [-0.2, -0.15) is 13.2 Å². The van der Waals surface area contributed by atoms with Crippen molar-refractivity contribution in [2.75, 3.05) is 0 Å². The van der Waals surface area contributed by atoms with Crippen LogP contribution in [-0.2, 0) is 12.6 Å². The largest absolute Gasteiger partial charge is 0.416 e. The van der Waals surface area contributed by atoms with Crippen molar-refractivity contribution in [3.05, 3.63) is 35.4 Å². The Balaban J connectivity index is 3.00. The van der Waals surface area contributed by atoms with E-state index in [2.05, 4.69) is 0 Å². The highest BCUT2D eigenvalue weighted by atomic mass is 19.4. The minimum atomic E-state index is -4.34. The summed E-state index contributed by atoms with van der Waals surface area (Å²) in [5, 5.41) is 10.3. The van der Waals surface area contributed by atoms with Crippen LogP contribution in [0.4, 0.5) is 13.2 Å². The van der Waals surface area contributed by atoms with Crippen molar-refractivity contribution >= 4 is 0 Å². The van der Waals surface area contributed by atoms with Gasteiger partial charge in [0.25, 0.3) is 0 Å². The van der Waals surface area contributed by atoms with Gasteiger partial charge in [0.05, 0.1) is 11.2 Å². The molecule has 1 rings (SSSR count). The van der Waals surface area contributed by atoms with E-state index in [1.165, 1.54) is 6.07 Å². The number of hydrogen-bond acceptors (Lipinski definition) is 1. The molecular weight excluding hydrogens is 241 g/mol. The number of hydrogen-bond donors (Lipinski definition) is 1. The third-order valence-corrected chi connectivity index (χ3v) is 3.42. The summed E-state index contributed by atoms with van der Waals surface area (Å²) < 4.78 is 37.7. The fraction of sp³-hybridized carbons (Fsp3) is 0.571. The quantitative estimate of drug-likeness (QED) is 0.850. The molecule has 1 aromatic rings. The Hall–Kier alpha value is -1.03. The van der Waals surface area contributed by atoms with Crippen LogP contribution in [0.3, 0.4) is 0 Å². The number of halogens is 3. The molecule has 18 heavy (non-hydrogen) atoms. The van der Waals surface area contributed by atoms with Gasteiger partial charge < -0.3 is 5.11 Å². The second-order valence-electron chi connectivity index (χ2n) is 5.90. The second kappa shape index (κ2) is 4.57. The van der Waals surface area contributed by atoms with Crippen LogP contribution in [-0.4, -0.2) is 10.7 Å². The molecule has 1 atom stereocenters. The van der Waals surface area contributed by atoms with Gasteiger partial charge in [-0.1, -0.05) is 39.0 Å². The third-order valence-electron chi connectivity index (χ3n) is 3.42. The minimum Gasteiger partial charge on any atom is -0.389 e. The van der Waals surface area contributed by atoms with Crippen LogP contribution in [0.5, 0.6) is 0 Å². The lowest BCUT2D eigenvalue weighted by Crippen LogP contribution is -2.41. The van der Waals surface area contributed by atoms with Gasteiger partial charge in [0, 0.05) is 6.42 Å². The second-order valence-corrected chi connectivity index (χ2v) is 5.90. The molecule has 0 aliphatic heterocycles. The van der Waals surface area contributed by atoms with Crippen LogP contribution in [0, 0.1) is 5.41 Å². The Labute approximate surface area is 106 Å². The molecular formula is C14H19F3O. The van der Waals surface area contributed by atoms with Gasteiger partial charge in [-0.25, -0.2) is 0 Å². The van der Waals surface area contributed by atoms with Gasteiger partial charge in [0.15, 0.2) is 0 Å². The highest BCUT2D eigenvalue weighted by Crippen LogP contribution is 2.34. The van der Waals surface area contributed by atoms with Gasteiger partial charge in [0.2, 0.25) is 0 Å². The highest BCUT2D eigenvalue weighted by Gasteiger charge is 2.36. The zero-order valence-electron chi connectivity index (χ0n) is 11.1. The van der Waals surface area contributed by atoms with Crippen molar-refractivity contribution in [3.8, 4) is 0 Å². The Morgan fingerprint density at radius 3 is 2.06 bits per heavy atom. The molecule has 1 aromatic carbocycles. The van der Waals surface area contributed by atoms with Crippen LogP contribution in [0.2, 0.25) is 0 Å². The van der Waals surface area contributed by atoms with Crippen molar-refractivity contribution in [1.29, 1.82) is 0 Å². The highest BCUT2D eigenvalue weighted by molar-refractivity contribution is 5.27. The summed E-state index contributed by atoms with van der Waals surface area (Å²) in [6, 6.07) is 5.11. The molecule has 1 N–H and O–H groups in total. The third kappa shape index (κ3) is 3.48. The molecule has 102 valence electrons. The van der Waals surface area contributed by atoms with Crippen LogP contribution in [0.25, 0.3) is 0 Å². The smallest absolute Gasteiger partial charge is 0.389 e. The van der Waals surface area contributed by atoms with E-state index in [-0.39, 0.29) is 6.42 Å². The van der Waals surface area contributed by atoms with Gasteiger partial charge in [-0.3, -0.25) is 0 Å². The van der Waals surface area contributed by atoms with Gasteiger partial charge in [-0.15, -0.1) is 0 Å². The molecule has 4 heteroatoms. The first-order valence-corrected chi connectivity index (χ1v) is 5.82. The number of rotatable bonds is 2. The van der Waals surface area contributed by atoms with E-state index in [1.807, 2.05) is 20.8 Å². The fourth-order valence-corrected chi connectivity index (χ4v) is 1.52. The lowest BCUT2D eigenvalue weighted by molar-refractivity contribution is -0.137. The predicted octanol–water partition coefficient (Wildman–Crippen LogP) is 4.05. The van der Waals surface area contributed by atoms with Gasteiger partial charge in [-0.05, 0) is 24.0 Å². The Kier molecular flexibility index (Phi) is 3.82. The normalized spacial score (nSPS) is 16.4. The summed E-state index contributed by atoms with van der Waals surface area (Å²) in [5.41, 5.74) is -1.65. The van der Waals surface area contributed by atoms with Crippen molar-refractivity contribution in [2.24, 2.45) is 5.41 Å². The molecule has 0 fully saturated rings. The lowest BCUT2D eigenvalue weighted by Gasteiger charge is -2.37. The summed E-state index contributed by atoms with van der Waals surface area (Å²) in [6.45, 7) is 7.23. The van der Waals surface area contributed by atoms with E-state index >= 15 is 0 Å². The Bertz CT molecular complexity index is 414. The van der Waals surface area contributed by atoms with Crippen LogP contribution >= 0.6 is 0 Å². The van der Waals surface area contributed by atoms with E-state index < -0.39 is 22.8 Å². The van der Waals surface area contributed by atoms with Crippen LogP contribution in [0.15, 0.2) is 24.3 Å². The molecule has 0 heterocycles. The number of aliphatic hydroxyl groups is 1. The van der Waals surface area contributed by atoms with Crippen molar-refractivity contribution in [2.45, 2.75) is 45.9 Å². The number of alkyl halides is 3. The maximum atomic E-state index is 12.6. The molecule has 0 saturated heterocycles. The molecule has 0 amide bonds. The molecule has 0 aliphatic carbocycles. The maximum absolute atomic E-state index is 12.6. The first kappa shape index (κ1) is 15.0. The fourth-order valence-electron chi connectivity index (χ4n) is 1.52. The zero-order valence-corrected chi connectivity index (χ0v) is 11.1. The maximum Gasteiger partial charge on any atom is 0.416 e. The monoisotopic (exact) mass is 260 g/mol. The van der Waals surface area contributed by atoms with E-state index in [9.17, 15) is 18.3 Å². The minimum absolute atomic E-state index is 0.195. The number of benzene rings is 1. The average molecular weight is 260 g/mol. The van der Waals surface area contributed by atoms with Gasteiger partial charge >= 0.3 is 6.18 Å². The average Bonchev–Trinajstić information content (AvgIpc) is 2.14. The lowest BCUT2D eigenvalue weighted by atomic mass is 9.74. The van der Waals surface area contributed by atoms with Crippen molar-refractivity contribution in [3.63, 3.8) is 0 Å². The summed E-state index contributed by atoms with van der Waals surface area (Å²) in [5.74, 6) is 0. The van der Waals surface area contributed by atoms with E-state index in [0.29, 0.717) is 5.56 Å². The van der Waals surface area contributed by atoms with Gasteiger partial charge in [0.1, 0.15) is 0 Å². The van der Waals surface area contributed by atoms with E-state index in [1.54, 1.807) is 13.0 Å². The molecule has 1 unspecified atom stereocenters. The SMILES string of the molecule is CC(C)(C)C(C)(O)Cc1cccc(C(F)(F)F)c1. The first-order valence-electron chi connectivity index (χ1n) is 5.82. The predicted molar refractivity (Wildman–Crippen MR) is 65.2 cm³/mol. The molecule has 0 bridgehead atoms. The summed E-state index contributed by atoms with van der Waals surface area (Å²) in [6.07, 6.45) is -4.15. The molecule has 0 radical (unpaired) electrons. The van der Waals surface area contributed by atoms with Crippen LogP contribution in [0.1, 0.15) is 38.8 Å². The standard InChI is InChI=1S/C14H19F3O/c1-12(2,3)13(4,18)9-10-6-5-7-11(8-10)14(15,16)17/h5-8,18H,9H2,1-4H3. The summed E-state index contributed by atoms with van der Waals surface area (Å²) >= 11 is 0. The van der Waals surface area contributed by atoms with Crippen molar-refractivity contribution < 1.29 is 18.3 Å². The molecule has 0 spiro atoms. The Morgan fingerprint density at radius 1 is 1.06 bits per heavy atom. The Morgan fingerprint density at radius 2 is 1.61 bits per heavy atom. The van der Waals surface area contributed by atoms with E-state index in [4.69, 9.17) is 0 Å². The molecule has 0 aliphatic rings.